The van der Waals surface area contributed by atoms with Crippen molar-refractivity contribution in [3.05, 3.63) is 59.7 Å². The molecule has 8 heteroatoms. The molecule has 2 aromatic rings. The number of benzene rings is 2. The highest BCUT2D eigenvalue weighted by molar-refractivity contribution is 7.89. The average molecular weight is 407 g/mol. The molecule has 2 aromatic carbocycles. The van der Waals surface area contributed by atoms with E-state index in [-0.39, 0.29) is 31.1 Å². The van der Waals surface area contributed by atoms with E-state index >= 15 is 0 Å². The normalized spacial score (nSPS) is 11.4. The summed E-state index contributed by atoms with van der Waals surface area (Å²) < 4.78 is 32.8. The van der Waals surface area contributed by atoms with E-state index in [1.807, 2.05) is 30.3 Å². The van der Waals surface area contributed by atoms with Crippen molar-refractivity contribution in [2.75, 3.05) is 26.8 Å². The van der Waals surface area contributed by atoms with Gasteiger partial charge in [-0.3, -0.25) is 4.79 Å². The zero-order valence-electron chi connectivity index (χ0n) is 16.1. The summed E-state index contributed by atoms with van der Waals surface area (Å²) in [5.41, 5.74) is 1.47. The Morgan fingerprint density at radius 1 is 1.18 bits per heavy atom. The maximum atomic E-state index is 13.2. The molecule has 0 heterocycles. The number of rotatable bonds is 10. The van der Waals surface area contributed by atoms with Gasteiger partial charge in [0.05, 0.1) is 18.6 Å². The minimum Gasteiger partial charge on any atom is -0.496 e. The van der Waals surface area contributed by atoms with E-state index in [9.17, 15) is 13.2 Å². The van der Waals surface area contributed by atoms with Crippen LogP contribution in [0.25, 0.3) is 0 Å². The second-order valence-electron chi connectivity index (χ2n) is 6.32. The molecule has 28 heavy (non-hydrogen) atoms. The number of amides is 1. The van der Waals surface area contributed by atoms with Gasteiger partial charge >= 0.3 is 0 Å². The van der Waals surface area contributed by atoms with Crippen LogP contribution >= 0.6 is 0 Å². The Morgan fingerprint density at radius 2 is 1.89 bits per heavy atom. The molecule has 0 saturated carbocycles. The van der Waals surface area contributed by atoms with Gasteiger partial charge in [0.15, 0.2) is 0 Å². The molecule has 0 aliphatic heterocycles. The molecule has 0 aliphatic rings. The number of nitrogens with zero attached hydrogens (tertiary/aromatic N) is 1. The predicted molar refractivity (Wildman–Crippen MR) is 106 cm³/mol. The minimum atomic E-state index is -3.90. The van der Waals surface area contributed by atoms with Gasteiger partial charge in [0.25, 0.3) is 0 Å². The molecular formula is C20H26N2O5S. The molecule has 0 bridgehead atoms. The predicted octanol–water partition coefficient (Wildman–Crippen LogP) is 1.69. The van der Waals surface area contributed by atoms with E-state index in [1.54, 1.807) is 13.0 Å². The Morgan fingerprint density at radius 3 is 2.50 bits per heavy atom. The molecule has 0 unspecified atom stereocenters. The van der Waals surface area contributed by atoms with Gasteiger partial charge in [-0.25, -0.2) is 8.42 Å². The van der Waals surface area contributed by atoms with Gasteiger partial charge in [0, 0.05) is 19.7 Å². The van der Waals surface area contributed by atoms with Crippen LogP contribution in [0.2, 0.25) is 0 Å². The van der Waals surface area contributed by atoms with E-state index in [0.29, 0.717) is 17.7 Å². The number of aryl methyl sites for hydroxylation is 1. The third-order valence-corrected chi connectivity index (χ3v) is 5.97. The van der Waals surface area contributed by atoms with E-state index in [2.05, 4.69) is 5.32 Å². The SMILES string of the molecule is COc1ccc(S(=O)(=O)N(CC(=O)NCCCO)Cc2ccccc2)cc1C. The van der Waals surface area contributed by atoms with Crippen molar-refractivity contribution in [1.29, 1.82) is 0 Å². The van der Waals surface area contributed by atoms with Crippen molar-refractivity contribution in [2.45, 2.75) is 24.8 Å². The number of methoxy groups -OCH3 is 1. The Balaban J connectivity index is 2.30. The second kappa shape index (κ2) is 10.2. The molecule has 2 rings (SSSR count). The highest BCUT2D eigenvalue weighted by Crippen LogP contribution is 2.24. The van der Waals surface area contributed by atoms with Crippen molar-refractivity contribution in [1.82, 2.24) is 9.62 Å². The Labute approximate surface area is 166 Å². The van der Waals surface area contributed by atoms with Crippen LogP contribution in [0.1, 0.15) is 17.5 Å². The molecule has 0 saturated heterocycles. The van der Waals surface area contributed by atoms with Gasteiger partial charge in [-0.1, -0.05) is 30.3 Å². The summed E-state index contributed by atoms with van der Waals surface area (Å²) in [5, 5.41) is 11.5. The Hall–Kier alpha value is -2.42. The number of carbonyl (C=O) groups excluding carboxylic acids is 1. The molecular weight excluding hydrogens is 380 g/mol. The molecule has 1 amide bonds. The maximum absolute atomic E-state index is 13.2. The van der Waals surface area contributed by atoms with E-state index < -0.39 is 15.9 Å². The van der Waals surface area contributed by atoms with Crippen molar-refractivity contribution in [2.24, 2.45) is 0 Å². The number of hydrogen-bond acceptors (Lipinski definition) is 5. The van der Waals surface area contributed by atoms with Crippen molar-refractivity contribution in [3.8, 4) is 5.75 Å². The van der Waals surface area contributed by atoms with Gasteiger partial charge < -0.3 is 15.2 Å². The first-order valence-corrected chi connectivity index (χ1v) is 10.4. The smallest absolute Gasteiger partial charge is 0.243 e. The number of aliphatic hydroxyl groups excluding tert-OH is 1. The molecule has 0 atom stereocenters. The quantitative estimate of drug-likeness (QED) is 0.586. The molecule has 0 spiro atoms. The molecule has 0 radical (unpaired) electrons. The lowest BCUT2D eigenvalue weighted by Crippen LogP contribution is -2.40. The van der Waals surface area contributed by atoms with Crippen LogP contribution in [0.4, 0.5) is 0 Å². The lowest BCUT2D eigenvalue weighted by molar-refractivity contribution is -0.121. The molecule has 2 N–H and O–H groups in total. The van der Waals surface area contributed by atoms with E-state index in [4.69, 9.17) is 9.84 Å². The Bertz CT molecular complexity index is 885. The van der Waals surface area contributed by atoms with Crippen LogP contribution in [-0.2, 0) is 21.4 Å². The lowest BCUT2D eigenvalue weighted by Gasteiger charge is -2.22. The van der Waals surface area contributed by atoms with Crippen molar-refractivity contribution < 1.29 is 23.1 Å². The van der Waals surface area contributed by atoms with Gasteiger partial charge in [0.1, 0.15) is 5.75 Å². The molecule has 152 valence electrons. The van der Waals surface area contributed by atoms with Crippen LogP contribution in [0.3, 0.4) is 0 Å². The summed E-state index contributed by atoms with van der Waals surface area (Å²) in [6.07, 6.45) is 0.412. The van der Waals surface area contributed by atoms with E-state index in [1.165, 1.54) is 19.2 Å². The van der Waals surface area contributed by atoms with Crippen LogP contribution in [0.5, 0.6) is 5.75 Å². The third-order valence-electron chi connectivity index (χ3n) is 4.18. The van der Waals surface area contributed by atoms with Crippen LogP contribution < -0.4 is 10.1 Å². The van der Waals surface area contributed by atoms with Gasteiger partial charge in [-0.2, -0.15) is 4.31 Å². The molecule has 7 nitrogen and oxygen atoms in total. The number of nitrogens with one attached hydrogen (secondary N) is 1. The Kier molecular flexibility index (Phi) is 7.98. The molecule has 0 aliphatic carbocycles. The number of ether oxygens (including phenoxy) is 1. The first-order valence-electron chi connectivity index (χ1n) is 8.94. The topological polar surface area (TPSA) is 95.9 Å². The summed E-state index contributed by atoms with van der Waals surface area (Å²) in [6, 6.07) is 13.7. The maximum Gasteiger partial charge on any atom is 0.243 e. The average Bonchev–Trinajstić information content (AvgIpc) is 2.68. The fraction of sp³-hybridized carbons (Fsp3) is 0.350. The summed E-state index contributed by atoms with van der Waals surface area (Å²) in [6.45, 7) is 1.77. The highest BCUT2D eigenvalue weighted by atomic mass is 32.2. The first kappa shape index (κ1) is 21.9. The van der Waals surface area contributed by atoms with E-state index in [0.717, 1.165) is 9.87 Å². The van der Waals surface area contributed by atoms with Crippen molar-refractivity contribution in [3.63, 3.8) is 0 Å². The summed E-state index contributed by atoms with van der Waals surface area (Å²) in [5.74, 6) is 0.175. The highest BCUT2D eigenvalue weighted by Gasteiger charge is 2.27. The van der Waals surface area contributed by atoms with Crippen LogP contribution in [0.15, 0.2) is 53.4 Å². The largest absolute Gasteiger partial charge is 0.496 e. The lowest BCUT2D eigenvalue weighted by atomic mass is 10.2. The summed E-state index contributed by atoms with van der Waals surface area (Å²) in [4.78, 5) is 12.3. The van der Waals surface area contributed by atoms with Gasteiger partial charge in [0.2, 0.25) is 15.9 Å². The van der Waals surface area contributed by atoms with Crippen molar-refractivity contribution >= 4 is 15.9 Å². The summed E-state index contributed by atoms with van der Waals surface area (Å²) in [7, 11) is -2.38. The number of carbonyl (C=O) groups is 1. The zero-order valence-corrected chi connectivity index (χ0v) is 16.9. The summed E-state index contributed by atoms with van der Waals surface area (Å²) >= 11 is 0. The fourth-order valence-corrected chi connectivity index (χ4v) is 4.17. The van der Waals surface area contributed by atoms with Crippen LogP contribution in [-0.4, -0.2) is 50.5 Å². The van der Waals surface area contributed by atoms with Gasteiger partial charge in [-0.05, 0) is 42.7 Å². The van der Waals surface area contributed by atoms with Crippen LogP contribution in [0, 0.1) is 6.92 Å². The minimum absolute atomic E-state index is 0.0442. The standard InChI is InChI=1S/C20H26N2O5S/c1-16-13-18(9-10-19(16)27-2)28(25,26)22(14-17-7-4-3-5-8-17)15-20(24)21-11-6-12-23/h3-5,7-10,13,23H,6,11-12,14-15H2,1-2H3,(H,21,24). The monoisotopic (exact) mass is 406 g/mol. The number of aliphatic hydroxyl groups is 1. The second-order valence-corrected chi connectivity index (χ2v) is 8.26. The molecule has 0 fully saturated rings. The third kappa shape index (κ3) is 5.79. The fourth-order valence-electron chi connectivity index (χ4n) is 2.70. The first-order chi connectivity index (χ1) is 13.4. The zero-order chi connectivity index (χ0) is 20.6. The molecule has 0 aromatic heterocycles. The number of sulfonamides is 1. The van der Waals surface area contributed by atoms with Gasteiger partial charge in [-0.15, -0.1) is 0 Å². The number of hydrogen-bond donors (Lipinski definition) is 2.